The zero-order valence-corrected chi connectivity index (χ0v) is 9.53. The Balaban J connectivity index is 2.55. The Bertz CT molecular complexity index is 567. The maximum absolute atomic E-state index is 10.6. The second-order valence-corrected chi connectivity index (χ2v) is 3.57. The Morgan fingerprint density at radius 1 is 1.53 bits per heavy atom. The molecule has 2 aromatic heterocycles. The van der Waals surface area contributed by atoms with E-state index < -0.39 is 5.97 Å². The summed E-state index contributed by atoms with van der Waals surface area (Å²) in [4.78, 5) is 10.6. The largest absolute Gasteiger partial charge is 0.478 e. The first-order valence-electron chi connectivity index (χ1n) is 5.04. The molecule has 0 saturated carbocycles. The summed E-state index contributed by atoms with van der Waals surface area (Å²) in [5.74, 6) is -0.246. The minimum absolute atomic E-state index is 0.741. The van der Waals surface area contributed by atoms with Gasteiger partial charge in [-0.3, -0.25) is 4.68 Å². The molecule has 0 radical (unpaired) electrons. The highest BCUT2D eigenvalue weighted by molar-refractivity contribution is 5.86. The number of carboxylic acids is 1. The van der Waals surface area contributed by atoms with Crippen molar-refractivity contribution in [3.05, 3.63) is 35.8 Å². The number of hydrogen-bond acceptors (Lipinski definition) is 3. The van der Waals surface area contributed by atoms with Gasteiger partial charge in [0, 0.05) is 31.1 Å². The number of aliphatic carboxylic acids is 1. The van der Waals surface area contributed by atoms with E-state index >= 15 is 0 Å². The minimum atomic E-state index is -0.986. The number of carbonyl (C=O) groups is 1. The van der Waals surface area contributed by atoms with Gasteiger partial charge >= 0.3 is 5.97 Å². The van der Waals surface area contributed by atoms with E-state index in [0.717, 1.165) is 23.2 Å². The third-order valence-electron chi connectivity index (χ3n) is 2.35. The molecule has 0 spiro atoms. The zero-order valence-electron chi connectivity index (χ0n) is 9.53. The molecule has 0 amide bonds. The van der Waals surface area contributed by atoms with E-state index in [0.29, 0.717) is 0 Å². The van der Waals surface area contributed by atoms with Crippen LogP contribution in [-0.2, 0) is 11.8 Å². The number of nitrogens with zero attached hydrogens (tertiary/aromatic N) is 4. The Kier molecular flexibility index (Phi) is 2.78. The van der Waals surface area contributed by atoms with Crippen molar-refractivity contribution >= 4 is 12.0 Å². The fraction of sp³-hybridized carbons (Fsp3) is 0.182. The van der Waals surface area contributed by atoms with Crippen LogP contribution in [0.3, 0.4) is 0 Å². The normalized spacial score (nSPS) is 11.2. The van der Waals surface area contributed by atoms with E-state index in [1.165, 1.54) is 6.08 Å². The van der Waals surface area contributed by atoms with Gasteiger partial charge in [0.1, 0.15) is 0 Å². The van der Waals surface area contributed by atoms with Gasteiger partial charge < -0.3 is 5.11 Å². The molecule has 2 heterocycles. The van der Waals surface area contributed by atoms with Gasteiger partial charge in [0.25, 0.3) is 0 Å². The molecular formula is C11H12N4O2. The molecule has 2 rings (SSSR count). The van der Waals surface area contributed by atoms with Crippen LogP contribution in [0.2, 0.25) is 0 Å². The highest BCUT2D eigenvalue weighted by atomic mass is 16.4. The van der Waals surface area contributed by atoms with Crippen molar-refractivity contribution in [1.82, 2.24) is 19.6 Å². The highest BCUT2D eigenvalue weighted by Crippen LogP contribution is 2.18. The Hall–Kier alpha value is -2.37. The number of rotatable bonds is 3. The van der Waals surface area contributed by atoms with Crippen LogP contribution in [0.25, 0.3) is 11.9 Å². The molecule has 0 aromatic carbocycles. The second kappa shape index (κ2) is 4.25. The zero-order chi connectivity index (χ0) is 12.4. The lowest BCUT2D eigenvalue weighted by Gasteiger charge is -2.02. The second-order valence-electron chi connectivity index (χ2n) is 3.57. The molecule has 17 heavy (non-hydrogen) atoms. The predicted octanol–water partition coefficient (Wildman–Crippen LogP) is 1.01. The van der Waals surface area contributed by atoms with Crippen LogP contribution in [0.15, 0.2) is 24.5 Å². The van der Waals surface area contributed by atoms with Crippen LogP contribution in [-0.4, -0.2) is 30.6 Å². The number of aromatic nitrogens is 4. The van der Waals surface area contributed by atoms with Crippen molar-refractivity contribution in [3.8, 4) is 5.82 Å². The van der Waals surface area contributed by atoms with Gasteiger partial charge in [-0.25, -0.2) is 9.48 Å². The van der Waals surface area contributed by atoms with Crippen molar-refractivity contribution in [1.29, 1.82) is 0 Å². The monoisotopic (exact) mass is 232 g/mol. The van der Waals surface area contributed by atoms with E-state index in [1.54, 1.807) is 34.9 Å². The first kappa shape index (κ1) is 11.1. The van der Waals surface area contributed by atoms with Gasteiger partial charge in [-0.1, -0.05) is 0 Å². The Morgan fingerprint density at radius 3 is 2.88 bits per heavy atom. The SMILES string of the molecule is Cc1nn(C)c(-n2cccn2)c1/C=C/C(=O)O. The summed E-state index contributed by atoms with van der Waals surface area (Å²) in [5, 5.41) is 17.0. The average Bonchev–Trinajstić information content (AvgIpc) is 2.83. The fourth-order valence-corrected chi connectivity index (χ4v) is 1.68. The highest BCUT2D eigenvalue weighted by Gasteiger charge is 2.12. The van der Waals surface area contributed by atoms with Crippen LogP contribution in [0.1, 0.15) is 11.3 Å². The number of hydrogen-bond donors (Lipinski definition) is 1. The standard InChI is InChI=1S/C11H12N4O2/c1-8-9(4-5-10(16)17)11(14(2)13-8)15-7-3-6-12-15/h3-7H,1-2H3,(H,16,17)/b5-4+. The summed E-state index contributed by atoms with van der Waals surface area (Å²) < 4.78 is 3.32. The molecule has 6 nitrogen and oxygen atoms in total. The van der Waals surface area contributed by atoms with Crippen molar-refractivity contribution in [2.24, 2.45) is 7.05 Å². The van der Waals surface area contributed by atoms with Crippen molar-refractivity contribution in [3.63, 3.8) is 0 Å². The number of aryl methyl sites for hydroxylation is 2. The third-order valence-corrected chi connectivity index (χ3v) is 2.35. The Morgan fingerprint density at radius 2 is 2.29 bits per heavy atom. The molecule has 0 unspecified atom stereocenters. The predicted molar refractivity (Wildman–Crippen MR) is 61.7 cm³/mol. The summed E-state index contributed by atoms with van der Waals surface area (Å²) >= 11 is 0. The lowest BCUT2D eigenvalue weighted by atomic mass is 10.2. The molecular weight excluding hydrogens is 220 g/mol. The molecule has 88 valence electrons. The van der Waals surface area contributed by atoms with Crippen LogP contribution < -0.4 is 0 Å². The van der Waals surface area contributed by atoms with E-state index in [9.17, 15) is 4.79 Å². The molecule has 2 aromatic rings. The maximum atomic E-state index is 10.6. The van der Waals surface area contributed by atoms with Gasteiger partial charge in [-0.15, -0.1) is 0 Å². The Labute approximate surface area is 97.8 Å². The van der Waals surface area contributed by atoms with Crippen molar-refractivity contribution < 1.29 is 9.90 Å². The molecule has 0 aliphatic rings. The van der Waals surface area contributed by atoms with E-state index in [-0.39, 0.29) is 0 Å². The van der Waals surface area contributed by atoms with Crippen LogP contribution >= 0.6 is 0 Å². The van der Waals surface area contributed by atoms with Crippen LogP contribution in [0.4, 0.5) is 0 Å². The van der Waals surface area contributed by atoms with E-state index in [2.05, 4.69) is 10.2 Å². The average molecular weight is 232 g/mol. The first-order chi connectivity index (χ1) is 8.09. The van der Waals surface area contributed by atoms with Gasteiger partial charge in [0.2, 0.25) is 0 Å². The molecule has 0 aliphatic carbocycles. The minimum Gasteiger partial charge on any atom is -0.478 e. The molecule has 0 saturated heterocycles. The molecule has 6 heteroatoms. The fourth-order valence-electron chi connectivity index (χ4n) is 1.68. The summed E-state index contributed by atoms with van der Waals surface area (Å²) in [6.07, 6.45) is 6.07. The lowest BCUT2D eigenvalue weighted by Crippen LogP contribution is -2.04. The lowest BCUT2D eigenvalue weighted by molar-refractivity contribution is -0.131. The topological polar surface area (TPSA) is 72.9 Å². The van der Waals surface area contributed by atoms with Crippen LogP contribution in [0.5, 0.6) is 0 Å². The number of carboxylic acid groups (broad SMARTS) is 1. The molecule has 1 N–H and O–H groups in total. The van der Waals surface area contributed by atoms with Gasteiger partial charge in [-0.05, 0) is 19.1 Å². The molecule has 0 fully saturated rings. The summed E-state index contributed by atoms with van der Waals surface area (Å²) in [6.45, 7) is 1.83. The quantitative estimate of drug-likeness (QED) is 0.801. The smallest absolute Gasteiger partial charge is 0.328 e. The van der Waals surface area contributed by atoms with Gasteiger partial charge in [-0.2, -0.15) is 10.2 Å². The molecule has 0 aliphatic heterocycles. The van der Waals surface area contributed by atoms with E-state index in [1.807, 2.05) is 6.92 Å². The van der Waals surface area contributed by atoms with Crippen molar-refractivity contribution in [2.75, 3.05) is 0 Å². The van der Waals surface area contributed by atoms with Gasteiger partial charge in [0.15, 0.2) is 5.82 Å². The maximum Gasteiger partial charge on any atom is 0.328 e. The molecule has 0 bridgehead atoms. The van der Waals surface area contributed by atoms with E-state index in [4.69, 9.17) is 5.11 Å². The summed E-state index contributed by atoms with van der Waals surface area (Å²) in [5.41, 5.74) is 1.51. The third kappa shape index (κ3) is 2.10. The summed E-state index contributed by atoms with van der Waals surface area (Å²) in [6, 6.07) is 1.80. The summed E-state index contributed by atoms with van der Waals surface area (Å²) in [7, 11) is 1.79. The first-order valence-corrected chi connectivity index (χ1v) is 5.04. The van der Waals surface area contributed by atoms with Crippen LogP contribution in [0, 0.1) is 6.92 Å². The molecule has 0 atom stereocenters. The van der Waals surface area contributed by atoms with Crippen molar-refractivity contribution in [2.45, 2.75) is 6.92 Å². The van der Waals surface area contributed by atoms with Gasteiger partial charge in [0.05, 0.1) is 5.69 Å².